The minimum Gasteiger partial charge on any atom is -0.367 e. The van der Waals surface area contributed by atoms with Crippen molar-refractivity contribution >= 4 is 33.3 Å². The fraction of sp³-hybridized carbons (Fsp3) is 0.316. The van der Waals surface area contributed by atoms with E-state index in [1.165, 1.54) is 24.5 Å². The zero-order valence-corrected chi connectivity index (χ0v) is 17.0. The molecule has 2 N–H and O–H groups in total. The van der Waals surface area contributed by atoms with Crippen molar-refractivity contribution in [3.8, 4) is 0 Å². The highest BCUT2D eigenvalue weighted by molar-refractivity contribution is 7.19. The number of anilines is 3. The van der Waals surface area contributed by atoms with E-state index in [4.69, 9.17) is 4.74 Å². The first-order valence-corrected chi connectivity index (χ1v) is 10.2. The minimum absolute atomic E-state index is 0.129. The fourth-order valence-electron chi connectivity index (χ4n) is 3.26. The lowest BCUT2D eigenvalue weighted by Crippen LogP contribution is -2.26. The van der Waals surface area contributed by atoms with Crippen LogP contribution in [0.5, 0.6) is 0 Å². The summed E-state index contributed by atoms with van der Waals surface area (Å²) in [4.78, 5) is 14.6. The van der Waals surface area contributed by atoms with Crippen LogP contribution in [0.1, 0.15) is 18.1 Å². The minimum atomic E-state index is -0.730. The van der Waals surface area contributed by atoms with E-state index in [1.54, 1.807) is 6.07 Å². The molecule has 1 aromatic carbocycles. The fourth-order valence-corrected chi connectivity index (χ4v) is 3.99. The Labute approximate surface area is 176 Å². The summed E-state index contributed by atoms with van der Waals surface area (Å²) in [6, 6.07) is 12.3. The van der Waals surface area contributed by atoms with Crippen LogP contribution in [0.15, 0.2) is 42.5 Å². The number of ether oxygens (including phenoxy) is 1. The van der Waals surface area contributed by atoms with Crippen LogP contribution in [0.4, 0.5) is 20.5 Å². The molecule has 1 aliphatic rings. The number of benzene rings is 1. The number of amides is 1. The molecule has 0 spiro atoms. The third kappa shape index (κ3) is 4.69. The molecule has 0 saturated carbocycles. The molecular weight excluding hydrogens is 409 g/mol. The molecule has 0 aliphatic carbocycles. The summed E-state index contributed by atoms with van der Waals surface area (Å²) in [6.45, 7) is 1.45. The standard InChI is InChI=1S/C19H20FN7O2S/c1-29-16(12-5-3-2-4-6-12)17(28)22-19-26-25-18(30-19)21-13-9-10-27(11-13)15-8-7-14(20)23-24-15/h2-8,13,16H,9-11H2,1H3,(H,21,25)(H,22,26,28)/t13-,16+/m1/s1. The zero-order valence-electron chi connectivity index (χ0n) is 16.2. The Hall–Kier alpha value is -3.18. The summed E-state index contributed by atoms with van der Waals surface area (Å²) in [7, 11) is 1.49. The first-order chi connectivity index (χ1) is 14.6. The normalized spacial score (nSPS) is 17.0. The van der Waals surface area contributed by atoms with Crippen LogP contribution >= 0.6 is 11.3 Å². The summed E-state index contributed by atoms with van der Waals surface area (Å²) in [5.74, 6) is -0.273. The molecule has 0 unspecified atom stereocenters. The molecule has 3 aromatic rings. The predicted octanol–water partition coefficient (Wildman–Crippen LogP) is 2.48. The zero-order chi connectivity index (χ0) is 20.9. The number of nitrogens with zero attached hydrogens (tertiary/aromatic N) is 5. The lowest BCUT2D eigenvalue weighted by Gasteiger charge is -2.16. The van der Waals surface area contributed by atoms with Crippen molar-refractivity contribution in [2.24, 2.45) is 0 Å². The number of methoxy groups -OCH3 is 1. The lowest BCUT2D eigenvalue weighted by molar-refractivity contribution is -0.126. The number of carbonyl (C=O) groups is 1. The van der Waals surface area contributed by atoms with Crippen molar-refractivity contribution in [2.45, 2.75) is 18.6 Å². The van der Waals surface area contributed by atoms with Gasteiger partial charge in [-0.3, -0.25) is 10.1 Å². The van der Waals surface area contributed by atoms with E-state index in [0.717, 1.165) is 18.5 Å². The Kier molecular flexibility index (Phi) is 6.10. The van der Waals surface area contributed by atoms with Gasteiger partial charge in [-0.1, -0.05) is 41.7 Å². The third-order valence-corrected chi connectivity index (χ3v) is 5.46. The van der Waals surface area contributed by atoms with Crippen LogP contribution in [-0.2, 0) is 9.53 Å². The largest absolute Gasteiger partial charge is 0.367 e. The van der Waals surface area contributed by atoms with E-state index in [1.807, 2.05) is 35.2 Å². The molecule has 156 valence electrons. The first-order valence-electron chi connectivity index (χ1n) is 9.35. The Morgan fingerprint density at radius 2 is 1.97 bits per heavy atom. The van der Waals surface area contributed by atoms with Gasteiger partial charge in [-0.15, -0.1) is 20.4 Å². The molecule has 1 aliphatic heterocycles. The molecule has 3 heterocycles. The number of aromatic nitrogens is 4. The average molecular weight is 429 g/mol. The van der Waals surface area contributed by atoms with E-state index in [0.29, 0.717) is 22.6 Å². The molecule has 1 amide bonds. The second kappa shape index (κ2) is 9.09. The van der Waals surface area contributed by atoms with Gasteiger partial charge in [0.1, 0.15) is 0 Å². The highest BCUT2D eigenvalue weighted by Gasteiger charge is 2.25. The summed E-state index contributed by atoms with van der Waals surface area (Å²) in [6.07, 6.45) is 0.131. The Morgan fingerprint density at radius 1 is 1.17 bits per heavy atom. The smallest absolute Gasteiger partial charge is 0.259 e. The van der Waals surface area contributed by atoms with E-state index < -0.39 is 12.1 Å². The van der Waals surface area contributed by atoms with Crippen molar-refractivity contribution in [1.29, 1.82) is 0 Å². The summed E-state index contributed by atoms with van der Waals surface area (Å²) in [5.41, 5.74) is 0.760. The second-order valence-electron chi connectivity index (χ2n) is 6.72. The molecular formula is C19H20FN7O2S. The van der Waals surface area contributed by atoms with Crippen molar-refractivity contribution in [3.05, 3.63) is 54.0 Å². The van der Waals surface area contributed by atoms with E-state index >= 15 is 0 Å². The van der Waals surface area contributed by atoms with Crippen LogP contribution < -0.4 is 15.5 Å². The van der Waals surface area contributed by atoms with Crippen molar-refractivity contribution in [1.82, 2.24) is 20.4 Å². The van der Waals surface area contributed by atoms with E-state index in [2.05, 4.69) is 31.0 Å². The van der Waals surface area contributed by atoms with Gasteiger partial charge >= 0.3 is 0 Å². The average Bonchev–Trinajstić information content (AvgIpc) is 3.40. The molecule has 11 heteroatoms. The number of hydrogen-bond donors (Lipinski definition) is 2. The third-order valence-electron chi connectivity index (χ3n) is 4.69. The highest BCUT2D eigenvalue weighted by Crippen LogP contribution is 2.26. The van der Waals surface area contributed by atoms with Crippen LogP contribution in [0.2, 0.25) is 0 Å². The first kappa shape index (κ1) is 20.1. The molecule has 0 bridgehead atoms. The van der Waals surface area contributed by atoms with Gasteiger partial charge in [0.2, 0.25) is 16.2 Å². The summed E-state index contributed by atoms with van der Waals surface area (Å²) < 4.78 is 18.3. The number of nitrogens with one attached hydrogen (secondary N) is 2. The van der Waals surface area contributed by atoms with Crippen LogP contribution in [0, 0.1) is 5.95 Å². The highest BCUT2D eigenvalue weighted by atomic mass is 32.1. The van der Waals surface area contributed by atoms with Crippen molar-refractivity contribution in [2.75, 3.05) is 35.7 Å². The van der Waals surface area contributed by atoms with Gasteiger partial charge in [0.15, 0.2) is 11.9 Å². The lowest BCUT2D eigenvalue weighted by atomic mass is 10.1. The van der Waals surface area contributed by atoms with Crippen LogP contribution in [0.25, 0.3) is 0 Å². The number of rotatable bonds is 7. The maximum atomic E-state index is 12.9. The van der Waals surface area contributed by atoms with Crippen LogP contribution in [-0.4, -0.2) is 52.5 Å². The molecule has 9 nitrogen and oxygen atoms in total. The second-order valence-corrected chi connectivity index (χ2v) is 7.70. The number of halogens is 1. The Morgan fingerprint density at radius 3 is 2.70 bits per heavy atom. The van der Waals surface area contributed by atoms with E-state index in [-0.39, 0.29) is 11.9 Å². The van der Waals surface area contributed by atoms with Crippen LogP contribution in [0.3, 0.4) is 0 Å². The van der Waals surface area contributed by atoms with Gasteiger partial charge < -0.3 is 15.0 Å². The Balaban J connectivity index is 1.33. The van der Waals surface area contributed by atoms with Gasteiger partial charge in [-0.05, 0) is 24.1 Å². The SMILES string of the molecule is CO[C@H](C(=O)Nc1nnc(N[C@@H]2CCN(c3ccc(F)nn3)C2)s1)c1ccccc1. The molecule has 1 fully saturated rings. The van der Waals surface area contributed by atoms with Gasteiger partial charge in [0.25, 0.3) is 5.91 Å². The summed E-state index contributed by atoms with van der Waals surface area (Å²) in [5, 5.41) is 22.5. The quantitative estimate of drug-likeness (QED) is 0.590. The van der Waals surface area contributed by atoms with Gasteiger partial charge in [0, 0.05) is 26.2 Å². The molecule has 30 heavy (non-hydrogen) atoms. The van der Waals surface area contributed by atoms with Gasteiger partial charge in [-0.25, -0.2) is 0 Å². The van der Waals surface area contributed by atoms with Gasteiger partial charge in [-0.2, -0.15) is 4.39 Å². The van der Waals surface area contributed by atoms with Gasteiger partial charge in [0.05, 0.1) is 0 Å². The predicted molar refractivity (Wildman–Crippen MR) is 111 cm³/mol. The van der Waals surface area contributed by atoms with Crippen molar-refractivity contribution in [3.63, 3.8) is 0 Å². The topological polar surface area (TPSA) is 105 Å². The van der Waals surface area contributed by atoms with E-state index in [9.17, 15) is 9.18 Å². The number of carbonyl (C=O) groups excluding carboxylic acids is 1. The molecule has 2 aromatic heterocycles. The monoisotopic (exact) mass is 429 g/mol. The molecule has 1 saturated heterocycles. The summed E-state index contributed by atoms with van der Waals surface area (Å²) >= 11 is 1.25. The maximum Gasteiger partial charge on any atom is 0.259 e. The molecule has 4 rings (SSSR count). The molecule has 0 radical (unpaired) electrons. The molecule has 2 atom stereocenters. The maximum absolute atomic E-state index is 12.9. The number of hydrogen-bond acceptors (Lipinski definition) is 9. The van der Waals surface area contributed by atoms with Crippen molar-refractivity contribution < 1.29 is 13.9 Å². The Bertz CT molecular complexity index is 986.